The molecular formula is C19H25FN2O3. The Hall–Kier alpha value is -1.95. The molecule has 1 aromatic rings. The number of carbonyl (C=O) groups is 2. The van der Waals surface area contributed by atoms with Gasteiger partial charge in [-0.15, -0.1) is 0 Å². The van der Waals surface area contributed by atoms with Crippen LogP contribution in [0.25, 0.3) is 0 Å². The van der Waals surface area contributed by atoms with E-state index in [1.807, 2.05) is 4.90 Å². The Morgan fingerprint density at radius 2 is 2.08 bits per heavy atom. The van der Waals surface area contributed by atoms with E-state index in [1.54, 1.807) is 18.2 Å². The number of aliphatic carboxylic acids is 1. The minimum atomic E-state index is -0.740. The summed E-state index contributed by atoms with van der Waals surface area (Å²) < 4.78 is 13.6. The summed E-state index contributed by atoms with van der Waals surface area (Å²) in [6.07, 6.45) is 4.44. The average molecular weight is 348 g/mol. The quantitative estimate of drug-likeness (QED) is 0.794. The number of benzene rings is 1. The molecule has 1 saturated heterocycles. The highest BCUT2D eigenvalue weighted by Crippen LogP contribution is 2.44. The van der Waals surface area contributed by atoms with E-state index in [9.17, 15) is 19.1 Å². The van der Waals surface area contributed by atoms with Crippen molar-refractivity contribution in [1.82, 2.24) is 10.2 Å². The van der Waals surface area contributed by atoms with Crippen LogP contribution in [0.3, 0.4) is 0 Å². The molecule has 1 aliphatic carbocycles. The second-order valence-electron chi connectivity index (χ2n) is 7.42. The molecule has 5 nitrogen and oxygen atoms in total. The molecule has 0 bridgehead atoms. The number of likely N-dealkylation sites (tertiary alicyclic amines) is 1. The van der Waals surface area contributed by atoms with Gasteiger partial charge in [-0.2, -0.15) is 0 Å². The molecule has 6 heteroatoms. The van der Waals surface area contributed by atoms with Gasteiger partial charge in [0.15, 0.2) is 0 Å². The van der Waals surface area contributed by atoms with Crippen LogP contribution < -0.4 is 5.32 Å². The van der Waals surface area contributed by atoms with Gasteiger partial charge in [0.25, 0.3) is 0 Å². The Morgan fingerprint density at radius 3 is 2.76 bits per heavy atom. The van der Waals surface area contributed by atoms with Crippen molar-refractivity contribution in [2.75, 3.05) is 19.6 Å². The van der Waals surface area contributed by atoms with Gasteiger partial charge < -0.3 is 10.4 Å². The molecular weight excluding hydrogens is 323 g/mol. The van der Waals surface area contributed by atoms with Gasteiger partial charge in [-0.1, -0.05) is 31.0 Å². The maximum absolute atomic E-state index is 13.6. The first kappa shape index (κ1) is 17.9. The number of halogens is 1. The summed E-state index contributed by atoms with van der Waals surface area (Å²) in [7, 11) is 0. The largest absolute Gasteiger partial charge is 0.481 e. The monoisotopic (exact) mass is 348 g/mol. The zero-order valence-electron chi connectivity index (χ0n) is 14.3. The second kappa shape index (κ2) is 7.52. The lowest BCUT2D eigenvalue weighted by atomic mass is 9.75. The normalized spacial score (nSPS) is 24.0. The predicted octanol–water partition coefficient (Wildman–Crippen LogP) is 2.41. The fourth-order valence-electron chi connectivity index (χ4n) is 3.76. The third-order valence-electron chi connectivity index (χ3n) is 5.29. The number of hydrogen-bond donors (Lipinski definition) is 2. The molecule has 0 aromatic heterocycles. The van der Waals surface area contributed by atoms with Gasteiger partial charge in [-0.3, -0.25) is 14.5 Å². The lowest BCUT2D eigenvalue weighted by Gasteiger charge is -2.39. The average Bonchev–Trinajstić information content (AvgIpc) is 3.38. The van der Waals surface area contributed by atoms with Crippen LogP contribution >= 0.6 is 0 Å². The van der Waals surface area contributed by atoms with Crippen molar-refractivity contribution in [3.8, 4) is 0 Å². The first-order valence-corrected chi connectivity index (χ1v) is 8.94. The molecule has 25 heavy (non-hydrogen) atoms. The lowest BCUT2D eigenvalue weighted by Crippen LogP contribution is -2.50. The van der Waals surface area contributed by atoms with Gasteiger partial charge in [0, 0.05) is 18.7 Å². The molecule has 0 spiro atoms. The van der Waals surface area contributed by atoms with Crippen molar-refractivity contribution in [2.45, 2.75) is 38.6 Å². The Labute approximate surface area is 147 Å². The molecule has 2 aliphatic rings. The predicted molar refractivity (Wildman–Crippen MR) is 91.3 cm³/mol. The van der Waals surface area contributed by atoms with Gasteiger partial charge in [0.1, 0.15) is 5.82 Å². The second-order valence-corrected chi connectivity index (χ2v) is 7.42. The van der Waals surface area contributed by atoms with E-state index in [-0.39, 0.29) is 24.8 Å². The Balaban J connectivity index is 1.53. The van der Waals surface area contributed by atoms with Gasteiger partial charge in [-0.05, 0) is 37.8 Å². The van der Waals surface area contributed by atoms with E-state index in [2.05, 4.69) is 5.32 Å². The van der Waals surface area contributed by atoms with Crippen LogP contribution in [0.5, 0.6) is 0 Å². The number of carbonyl (C=O) groups excluding carboxylic acids is 1. The molecule has 1 atom stereocenters. The number of carboxylic acids is 1. The number of piperidine rings is 1. The van der Waals surface area contributed by atoms with E-state index in [4.69, 9.17) is 0 Å². The summed E-state index contributed by atoms with van der Waals surface area (Å²) in [6.45, 7) is 1.46. The molecule has 0 unspecified atom stereocenters. The summed E-state index contributed by atoms with van der Waals surface area (Å²) in [6, 6.07) is 6.35. The van der Waals surface area contributed by atoms with Gasteiger partial charge >= 0.3 is 5.97 Å². The smallest absolute Gasteiger partial charge is 0.310 e. The van der Waals surface area contributed by atoms with Crippen LogP contribution in [0.2, 0.25) is 0 Å². The summed E-state index contributed by atoms with van der Waals surface area (Å²) in [5.41, 5.74) is -0.270. The number of rotatable bonds is 7. The molecule has 1 amide bonds. The molecule has 2 fully saturated rings. The van der Waals surface area contributed by atoms with Crippen molar-refractivity contribution >= 4 is 11.9 Å². The SMILES string of the molecule is O=C(CN1CCC[C@](CC2CC2)(C(=O)O)C1)NCc1ccccc1F. The number of carboxylic acid groups (broad SMARTS) is 1. The fourth-order valence-corrected chi connectivity index (χ4v) is 3.76. The topological polar surface area (TPSA) is 69.6 Å². The highest BCUT2D eigenvalue weighted by atomic mass is 19.1. The summed E-state index contributed by atoms with van der Waals surface area (Å²) in [5, 5.41) is 12.5. The van der Waals surface area contributed by atoms with Crippen LogP contribution in [-0.2, 0) is 16.1 Å². The molecule has 136 valence electrons. The Morgan fingerprint density at radius 1 is 1.32 bits per heavy atom. The van der Waals surface area contributed by atoms with Crippen molar-refractivity contribution in [1.29, 1.82) is 0 Å². The van der Waals surface area contributed by atoms with Crippen LogP contribution in [0.1, 0.15) is 37.7 Å². The van der Waals surface area contributed by atoms with Crippen molar-refractivity contribution in [3.63, 3.8) is 0 Å². The molecule has 2 N–H and O–H groups in total. The highest BCUT2D eigenvalue weighted by molar-refractivity contribution is 5.78. The van der Waals surface area contributed by atoms with Gasteiger partial charge in [-0.25, -0.2) is 4.39 Å². The molecule has 3 rings (SSSR count). The van der Waals surface area contributed by atoms with Gasteiger partial charge in [0.05, 0.1) is 12.0 Å². The zero-order chi connectivity index (χ0) is 17.9. The number of nitrogens with zero attached hydrogens (tertiary/aromatic N) is 1. The maximum atomic E-state index is 13.6. The zero-order valence-corrected chi connectivity index (χ0v) is 14.3. The Bertz CT molecular complexity index is 647. The van der Waals surface area contributed by atoms with E-state index >= 15 is 0 Å². The number of amides is 1. The molecule has 1 aromatic carbocycles. The first-order valence-electron chi connectivity index (χ1n) is 8.94. The van der Waals surface area contributed by atoms with Crippen LogP contribution in [-0.4, -0.2) is 41.5 Å². The van der Waals surface area contributed by atoms with Crippen LogP contribution in [0.15, 0.2) is 24.3 Å². The summed E-state index contributed by atoms with van der Waals surface area (Å²) >= 11 is 0. The first-order chi connectivity index (χ1) is 12.0. The van der Waals surface area contributed by atoms with Crippen molar-refractivity contribution in [3.05, 3.63) is 35.6 Å². The summed E-state index contributed by atoms with van der Waals surface area (Å²) in [4.78, 5) is 26.0. The maximum Gasteiger partial charge on any atom is 0.310 e. The van der Waals surface area contributed by atoms with Crippen molar-refractivity contribution < 1.29 is 19.1 Å². The number of nitrogens with one attached hydrogen (secondary N) is 1. The number of hydrogen-bond acceptors (Lipinski definition) is 3. The standard InChI is InChI=1S/C19H25FN2O3/c20-16-5-2-1-4-15(16)11-21-17(23)12-22-9-3-8-19(13-22,18(24)25)10-14-6-7-14/h1-2,4-5,14H,3,6-13H2,(H,21,23)(H,24,25)/t19-/m1/s1. The van der Waals surface area contributed by atoms with E-state index in [0.717, 1.165) is 32.2 Å². The van der Waals surface area contributed by atoms with Crippen molar-refractivity contribution in [2.24, 2.45) is 11.3 Å². The van der Waals surface area contributed by atoms with Crippen LogP contribution in [0.4, 0.5) is 4.39 Å². The van der Waals surface area contributed by atoms with Gasteiger partial charge in [0.2, 0.25) is 5.91 Å². The lowest BCUT2D eigenvalue weighted by molar-refractivity contribution is -0.154. The minimum absolute atomic E-state index is 0.144. The van der Waals surface area contributed by atoms with E-state index in [0.29, 0.717) is 24.4 Å². The minimum Gasteiger partial charge on any atom is -0.481 e. The Kier molecular flexibility index (Phi) is 5.37. The van der Waals surface area contributed by atoms with E-state index < -0.39 is 11.4 Å². The molecule has 1 aliphatic heterocycles. The van der Waals surface area contributed by atoms with Crippen LogP contribution in [0, 0.1) is 17.2 Å². The molecule has 0 radical (unpaired) electrons. The third kappa shape index (κ3) is 4.57. The molecule has 1 heterocycles. The molecule has 1 saturated carbocycles. The van der Waals surface area contributed by atoms with E-state index in [1.165, 1.54) is 6.07 Å². The highest BCUT2D eigenvalue weighted by Gasteiger charge is 2.46. The fraction of sp³-hybridized carbons (Fsp3) is 0.579. The summed E-state index contributed by atoms with van der Waals surface area (Å²) in [5.74, 6) is -0.743. The third-order valence-corrected chi connectivity index (χ3v) is 5.29.